The van der Waals surface area contributed by atoms with Gasteiger partial charge in [-0.15, -0.1) is 10.2 Å². The van der Waals surface area contributed by atoms with Crippen molar-refractivity contribution in [2.45, 2.75) is 23.9 Å². The predicted octanol–water partition coefficient (Wildman–Crippen LogP) is 7.19. The van der Waals surface area contributed by atoms with Crippen LogP contribution < -0.4 is 9.47 Å². The van der Waals surface area contributed by atoms with Crippen LogP contribution >= 0.6 is 27.7 Å². The molecule has 0 aliphatic carbocycles. The number of rotatable bonds is 10. The van der Waals surface area contributed by atoms with Crippen molar-refractivity contribution in [3.8, 4) is 17.2 Å². The number of fused-ring (bicyclic) bond motifs is 1. The molecule has 0 fully saturated rings. The minimum atomic E-state index is -0.494. The molecule has 0 amide bonds. The van der Waals surface area contributed by atoms with Crippen molar-refractivity contribution in [2.75, 3.05) is 13.7 Å². The van der Waals surface area contributed by atoms with E-state index >= 15 is 0 Å². The molecule has 39 heavy (non-hydrogen) atoms. The first-order valence-electron chi connectivity index (χ1n) is 12.2. The molecule has 0 bridgehead atoms. The summed E-state index contributed by atoms with van der Waals surface area (Å²) in [7, 11) is 1.61. The van der Waals surface area contributed by atoms with Crippen LogP contribution in [-0.2, 0) is 6.61 Å². The fourth-order valence-electron chi connectivity index (χ4n) is 4.25. The average Bonchev–Trinajstić information content (AvgIpc) is 3.31. The van der Waals surface area contributed by atoms with E-state index in [1.807, 2.05) is 66.1 Å². The largest absolute Gasteiger partial charge is 0.497 e. The van der Waals surface area contributed by atoms with Crippen molar-refractivity contribution in [1.82, 2.24) is 14.8 Å². The Balaban J connectivity index is 1.36. The summed E-state index contributed by atoms with van der Waals surface area (Å²) in [6.45, 7) is 1.98. The Kier molecular flexibility index (Phi) is 8.13. The number of halogens is 1. The second-order valence-corrected chi connectivity index (χ2v) is 10.9. The summed E-state index contributed by atoms with van der Waals surface area (Å²) >= 11 is 4.90. The van der Waals surface area contributed by atoms with Crippen LogP contribution in [0.2, 0.25) is 0 Å². The fraction of sp³-hybridized carbons (Fsp3) is 0.172. The zero-order valence-corrected chi connectivity index (χ0v) is 23.7. The molecule has 1 atom stereocenters. The van der Waals surface area contributed by atoms with Crippen LogP contribution in [0.5, 0.6) is 11.5 Å². The first kappa shape index (κ1) is 26.7. The lowest BCUT2D eigenvalue weighted by Crippen LogP contribution is -2.11. The maximum atomic E-state index is 11.6. The van der Waals surface area contributed by atoms with E-state index in [0.717, 1.165) is 32.4 Å². The van der Waals surface area contributed by atoms with Gasteiger partial charge in [-0.1, -0.05) is 54.2 Å². The highest BCUT2D eigenvalue weighted by Gasteiger charge is 2.24. The molecule has 0 saturated carbocycles. The number of nitro groups is 1. The number of ether oxygens (including phenoxy) is 2. The van der Waals surface area contributed by atoms with Crippen LogP contribution in [0.4, 0.5) is 0 Å². The lowest BCUT2D eigenvalue weighted by atomic mass is 10.1. The minimum Gasteiger partial charge on any atom is -0.497 e. The minimum absolute atomic E-state index is 0.275. The first-order chi connectivity index (χ1) is 18.9. The molecule has 0 saturated heterocycles. The molecule has 0 N–H and O–H groups in total. The highest BCUT2D eigenvalue weighted by molar-refractivity contribution is 9.10. The molecule has 198 valence electrons. The standard InChI is InChI=1S/C29H25BrN4O4S/c1-19-31-32-29(34(19)24-10-12-25(37-2)13-11-24)39-28(17-33(35)36)23-9-14-27(26(30)16-23)38-18-20-7-8-21-5-3-4-6-22(21)15-20/h3-16,28H,17-18H2,1-2H3/t28-/m1/s1. The lowest BCUT2D eigenvalue weighted by molar-refractivity contribution is -0.479. The molecular weight excluding hydrogens is 580 g/mol. The number of aromatic nitrogens is 3. The highest BCUT2D eigenvalue weighted by Crippen LogP contribution is 2.39. The van der Waals surface area contributed by atoms with Gasteiger partial charge in [-0.3, -0.25) is 14.7 Å². The van der Waals surface area contributed by atoms with E-state index < -0.39 is 5.25 Å². The van der Waals surface area contributed by atoms with Crippen LogP contribution in [0.3, 0.4) is 0 Å². The van der Waals surface area contributed by atoms with Crippen molar-refractivity contribution in [3.05, 3.63) is 116 Å². The summed E-state index contributed by atoms with van der Waals surface area (Å²) < 4.78 is 13.9. The summed E-state index contributed by atoms with van der Waals surface area (Å²) in [5, 5.41) is 22.6. The third-order valence-electron chi connectivity index (χ3n) is 6.22. The maximum absolute atomic E-state index is 11.6. The monoisotopic (exact) mass is 604 g/mol. The maximum Gasteiger partial charge on any atom is 0.220 e. The molecule has 0 spiro atoms. The van der Waals surface area contributed by atoms with Crippen molar-refractivity contribution in [1.29, 1.82) is 0 Å². The number of nitrogens with zero attached hydrogens (tertiary/aromatic N) is 4. The zero-order chi connectivity index (χ0) is 27.4. The topological polar surface area (TPSA) is 92.3 Å². The van der Waals surface area contributed by atoms with Gasteiger partial charge in [0.2, 0.25) is 6.54 Å². The number of thioether (sulfide) groups is 1. The van der Waals surface area contributed by atoms with Gasteiger partial charge in [0.1, 0.15) is 29.2 Å². The van der Waals surface area contributed by atoms with Crippen LogP contribution in [0, 0.1) is 17.0 Å². The summed E-state index contributed by atoms with van der Waals surface area (Å²) in [4.78, 5) is 11.3. The van der Waals surface area contributed by atoms with Crippen molar-refractivity contribution >= 4 is 38.5 Å². The molecular formula is C29H25BrN4O4S. The summed E-state index contributed by atoms with van der Waals surface area (Å²) in [6, 6.07) is 27.5. The average molecular weight is 606 g/mol. The summed E-state index contributed by atoms with van der Waals surface area (Å²) in [5.41, 5.74) is 2.68. The highest BCUT2D eigenvalue weighted by atomic mass is 79.9. The second-order valence-electron chi connectivity index (χ2n) is 8.85. The molecule has 1 heterocycles. The lowest BCUT2D eigenvalue weighted by Gasteiger charge is -2.16. The molecule has 8 nitrogen and oxygen atoms in total. The van der Waals surface area contributed by atoms with Crippen LogP contribution in [-0.4, -0.2) is 33.3 Å². The number of methoxy groups -OCH3 is 1. The van der Waals surface area contributed by atoms with E-state index in [1.165, 1.54) is 17.1 Å². The normalized spacial score (nSPS) is 11.9. The molecule has 10 heteroatoms. The molecule has 4 aromatic carbocycles. The summed E-state index contributed by atoms with van der Waals surface area (Å²) in [6.07, 6.45) is 0. The van der Waals surface area contributed by atoms with E-state index in [9.17, 15) is 10.1 Å². The van der Waals surface area contributed by atoms with Gasteiger partial charge in [0.15, 0.2) is 5.16 Å². The number of benzene rings is 4. The van der Waals surface area contributed by atoms with Crippen molar-refractivity contribution in [2.24, 2.45) is 0 Å². The van der Waals surface area contributed by atoms with Crippen LogP contribution in [0.15, 0.2) is 94.6 Å². The van der Waals surface area contributed by atoms with Gasteiger partial charge in [0, 0.05) is 10.6 Å². The molecule has 1 aromatic heterocycles. The zero-order valence-electron chi connectivity index (χ0n) is 21.3. The second kappa shape index (κ2) is 11.9. The Morgan fingerprint density at radius 1 is 1.00 bits per heavy atom. The number of hydrogen-bond donors (Lipinski definition) is 0. The Morgan fingerprint density at radius 3 is 2.49 bits per heavy atom. The van der Waals surface area contributed by atoms with Gasteiger partial charge in [-0.2, -0.15) is 0 Å². The van der Waals surface area contributed by atoms with Crippen LogP contribution in [0.1, 0.15) is 22.2 Å². The van der Waals surface area contributed by atoms with E-state index in [-0.39, 0.29) is 11.5 Å². The third kappa shape index (κ3) is 6.23. The Bertz CT molecular complexity index is 1620. The smallest absolute Gasteiger partial charge is 0.220 e. The molecule has 0 radical (unpaired) electrons. The Morgan fingerprint density at radius 2 is 1.77 bits per heavy atom. The van der Waals surface area contributed by atoms with Gasteiger partial charge in [-0.05, 0) is 87.2 Å². The van der Waals surface area contributed by atoms with Crippen LogP contribution in [0.25, 0.3) is 16.5 Å². The number of aryl methyl sites for hydroxylation is 1. The molecule has 0 aliphatic heterocycles. The Labute approximate surface area is 238 Å². The van der Waals surface area contributed by atoms with Crippen molar-refractivity contribution in [3.63, 3.8) is 0 Å². The van der Waals surface area contributed by atoms with Crippen molar-refractivity contribution < 1.29 is 14.4 Å². The van der Waals surface area contributed by atoms with E-state index in [1.54, 1.807) is 7.11 Å². The van der Waals surface area contributed by atoms with Gasteiger partial charge in [0.25, 0.3) is 0 Å². The molecule has 5 rings (SSSR count). The fourth-order valence-corrected chi connectivity index (χ4v) is 5.92. The van der Waals surface area contributed by atoms with Gasteiger partial charge in [-0.25, -0.2) is 0 Å². The van der Waals surface area contributed by atoms with Gasteiger partial charge < -0.3 is 9.47 Å². The van der Waals surface area contributed by atoms with E-state index in [0.29, 0.717) is 23.3 Å². The summed E-state index contributed by atoms with van der Waals surface area (Å²) in [5.74, 6) is 2.08. The van der Waals surface area contributed by atoms with E-state index in [2.05, 4.69) is 56.5 Å². The molecule has 0 aliphatic rings. The molecule has 0 unspecified atom stereocenters. The van der Waals surface area contributed by atoms with E-state index in [4.69, 9.17) is 9.47 Å². The quantitative estimate of drug-likeness (QED) is 0.0945. The SMILES string of the molecule is COc1ccc(-n2c(C)nnc2S[C@H](C[N+](=O)[O-])c2ccc(OCc3ccc4ccccc4c3)c(Br)c2)cc1. The Hall–Kier alpha value is -3.89. The molecule has 5 aromatic rings. The van der Waals surface area contributed by atoms with Gasteiger partial charge in [0.05, 0.1) is 11.6 Å². The first-order valence-corrected chi connectivity index (χ1v) is 13.8. The number of hydrogen-bond acceptors (Lipinski definition) is 7. The predicted molar refractivity (Wildman–Crippen MR) is 156 cm³/mol. The van der Waals surface area contributed by atoms with Gasteiger partial charge >= 0.3 is 0 Å². The third-order valence-corrected chi connectivity index (χ3v) is 8.02.